The van der Waals surface area contributed by atoms with Crippen molar-refractivity contribution in [2.75, 3.05) is 13.2 Å². The first kappa shape index (κ1) is 15.9. The summed E-state index contributed by atoms with van der Waals surface area (Å²) in [5.41, 5.74) is 0.186. The molecule has 0 aliphatic heterocycles. The molecule has 3 N–H and O–H groups in total. The Morgan fingerprint density at radius 1 is 1.26 bits per heavy atom. The van der Waals surface area contributed by atoms with Gasteiger partial charge in [0.05, 0.1) is 6.54 Å². The lowest BCUT2D eigenvalue weighted by Gasteiger charge is -2.30. The van der Waals surface area contributed by atoms with E-state index in [4.69, 9.17) is 0 Å². The van der Waals surface area contributed by atoms with Crippen LogP contribution in [-0.2, 0) is 4.79 Å². The van der Waals surface area contributed by atoms with Crippen molar-refractivity contribution in [1.29, 1.82) is 0 Å². The molecule has 0 heterocycles. The minimum atomic E-state index is -0.491. The molecule has 0 spiro atoms. The Morgan fingerprint density at radius 2 is 2.04 bits per heavy atom. The number of fused-ring (bicyclic) bond motifs is 2. The molecule has 5 nitrogen and oxygen atoms in total. The highest BCUT2D eigenvalue weighted by atomic mass is 19.1. The first-order valence-electron chi connectivity index (χ1n) is 8.02. The van der Waals surface area contributed by atoms with Crippen LogP contribution in [0.1, 0.15) is 29.6 Å². The van der Waals surface area contributed by atoms with Crippen molar-refractivity contribution in [2.24, 2.45) is 17.8 Å². The fraction of sp³-hybridized carbons (Fsp3) is 0.529. The molecule has 2 aliphatic rings. The number of nitrogens with one attached hydrogen (secondary N) is 2. The van der Waals surface area contributed by atoms with Crippen LogP contribution in [0.25, 0.3) is 0 Å². The number of aliphatic hydroxyl groups is 1. The van der Waals surface area contributed by atoms with E-state index >= 15 is 0 Å². The van der Waals surface area contributed by atoms with E-state index in [0.29, 0.717) is 11.8 Å². The Kier molecular flexibility index (Phi) is 4.61. The largest absolute Gasteiger partial charge is 0.396 e. The quantitative estimate of drug-likeness (QED) is 0.759. The lowest BCUT2D eigenvalue weighted by molar-refractivity contribution is -0.121. The van der Waals surface area contributed by atoms with Gasteiger partial charge in [0.15, 0.2) is 0 Å². The maximum atomic E-state index is 13.1. The highest BCUT2D eigenvalue weighted by Crippen LogP contribution is 2.48. The highest BCUT2D eigenvalue weighted by Gasteiger charge is 2.47. The summed E-state index contributed by atoms with van der Waals surface area (Å²) in [5, 5.41) is 14.9. The molecule has 2 saturated carbocycles. The Hall–Kier alpha value is -1.95. The fourth-order valence-corrected chi connectivity index (χ4v) is 4.03. The zero-order valence-corrected chi connectivity index (χ0v) is 12.8. The van der Waals surface area contributed by atoms with Gasteiger partial charge in [-0.25, -0.2) is 4.39 Å². The maximum absolute atomic E-state index is 13.1. The second-order valence-corrected chi connectivity index (χ2v) is 6.47. The van der Waals surface area contributed by atoms with Crippen LogP contribution in [0.3, 0.4) is 0 Å². The molecule has 2 bridgehead atoms. The van der Waals surface area contributed by atoms with Gasteiger partial charge in [0.25, 0.3) is 5.91 Å². The first-order chi connectivity index (χ1) is 11.1. The standard InChI is InChI=1S/C17H21FN2O3/c18-13-3-1-2-12(7-13)17(23)19-8-15(22)20-16-11-5-4-10(6-11)14(16)9-21/h1-3,7,10-11,14,16,21H,4-6,8-9H2,(H,19,23)(H,20,22). The van der Waals surface area contributed by atoms with Gasteiger partial charge in [-0.2, -0.15) is 0 Å². The van der Waals surface area contributed by atoms with Crippen LogP contribution >= 0.6 is 0 Å². The van der Waals surface area contributed by atoms with E-state index in [9.17, 15) is 19.1 Å². The Labute approximate surface area is 134 Å². The fourth-order valence-electron chi connectivity index (χ4n) is 4.03. The average Bonchev–Trinajstić information content (AvgIpc) is 3.13. The van der Waals surface area contributed by atoms with Crippen molar-refractivity contribution in [3.05, 3.63) is 35.6 Å². The molecule has 6 heteroatoms. The minimum Gasteiger partial charge on any atom is -0.396 e. The van der Waals surface area contributed by atoms with E-state index in [1.54, 1.807) is 0 Å². The molecule has 4 unspecified atom stereocenters. The summed E-state index contributed by atoms with van der Waals surface area (Å²) < 4.78 is 13.1. The number of aliphatic hydroxyl groups excluding tert-OH is 1. The summed E-state index contributed by atoms with van der Waals surface area (Å²) in [6, 6.07) is 5.33. The predicted molar refractivity (Wildman–Crippen MR) is 82.1 cm³/mol. The molecule has 0 aromatic heterocycles. The van der Waals surface area contributed by atoms with Crippen molar-refractivity contribution < 1.29 is 19.1 Å². The molecule has 23 heavy (non-hydrogen) atoms. The number of carbonyl (C=O) groups excluding carboxylic acids is 2. The van der Waals surface area contributed by atoms with Gasteiger partial charge in [-0.1, -0.05) is 6.07 Å². The highest BCUT2D eigenvalue weighted by molar-refractivity contribution is 5.96. The molecule has 2 aliphatic carbocycles. The van der Waals surface area contributed by atoms with Gasteiger partial charge in [0, 0.05) is 24.1 Å². The van der Waals surface area contributed by atoms with Gasteiger partial charge >= 0.3 is 0 Å². The van der Waals surface area contributed by atoms with Gasteiger partial charge in [-0.15, -0.1) is 0 Å². The van der Waals surface area contributed by atoms with Crippen LogP contribution in [-0.4, -0.2) is 36.1 Å². The SMILES string of the molecule is O=C(CNC(=O)c1cccc(F)c1)NC1C2CCC(C2)C1CO. The first-order valence-corrected chi connectivity index (χ1v) is 8.02. The molecule has 124 valence electrons. The summed E-state index contributed by atoms with van der Waals surface area (Å²) in [5.74, 6) is -0.194. The van der Waals surface area contributed by atoms with E-state index in [-0.39, 0.29) is 36.6 Å². The van der Waals surface area contributed by atoms with Crippen LogP contribution in [0.2, 0.25) is 0 Å². The zero-order valence-electron chi connectivity index (χ0n) is 12.8. The molecular weight excluding hydrogens is 299 g/mol. The Balaban J connectivity index is 1.51. The van der Waals surface area contributed by atoms with Crippen LogP contribution < -0.4 is 10.6 Å². The third-order valence-electron chi connectivity index (χ3n) is 5.12. The number of halogens is 1. The third-order valence-corrected chi connectivity index (χ3v) is 5.12. The van der Waals surface area contributed by atoms with E-state index in [2.05, 4.69) is 10.6 Å². The molecule has 1 aromatic rings. The second kappa shape index (κ2) is 6.66. The minimum absolute atomic E-state index is 0.00248. The predicted octanol–water partition coefficient (Wildman–Crippen LogP) is 1.08. The van der Waals surface area contributed by atoms with Crippen LogP contribution in [0.5, 0.6) is 0 Å². The second-order valence-electron chi connectivity index (χ2n) is 6.47. The molecular formula is C17H21FN2O3. The van der Waals surface area contributed by atoms with Crippen molar-refractivity contribution in [1.82, 2.24) is 10.6 Å². The number of hydrogen-bond acceptors (Lipinski definition) is 3. The smallest absolute Gasteiger partial charge is 0.251 e. The normalized spacial score (nSPS) is 28.6. The van der Waals surface area contributed by atoms with Crippen molar-refractivity contribution in [3.63, 3.8) is 0 Å². The third kappa shape index (κ3) is 3.37. The molecule has 2 fully saturated rings. The monoisotopic (exact) mass is 320 g/mol. The number of benzene rings is 1. The summed E-state index contributed by atoms with van der Waals surface area (Å²) in [4.78, 5) is 23.9. The van der Waals surface area contributed by atoms with Gasteiger partial charge < -0.3 is 15.7 Å². The summed E-state index contributed by atoms with van der Waals surface area (Å²) in [6.45, 7) is -0.0663. The van der Waals surface area contributed by atoms with Crippen LogP contribution in [0, 0.1) is 23.6 Å². The van der Waals surface area contributed by atoms with Gasteiger partial charge in [-0.3, -0.25) is 9.59 Å². The summed E-state index contributed by atoms with van der Waals surface area (Å²) in [6.07, 6.45) is 3.27. The lowest BCUT2D eigenvalue weighted by Crippen LogP contribution is -2.48. The van der Waals surface area contributed by atoms with E-state index in [0.717, 1.165) is 25.3 Å². The van der Waals surface area contributed by atoms with Gasteiger partial charge in [-0.05, 0) is 49.3 Å². The van der Waals surface area contributed by atoms with Crippen LogP contribution in [0.15, 0.2) is 24.3 Å². The molecule has 2 amide bonds. The summed E-state index contributed by atoms with van der Waals surface area (Å²) in [7, 11) is 0. The van der Waals surface area contributed by atoms with Crippen LogP contribution in [0.4, 0.5) is 4.39 Å². The van der Waals surface area contributed by atoms with Gasteiger partial charge in [0.1, 0.15) is 5.82 Å². The number of carbonyl (C=O) groups is 2. The zero-order chi connectivity index (χ0) is 16.4. The van der Waals surface area contributed by atoms with E-state index in [1.165, 1.54) is 18.2 Å². The number of hydrogen-bond donors (Lipinski definition) is 3. The van der Waals surface area contributed by atoms with Gasteiger partial charge in [0.2, 0.25) is 5.91 Å². The van der Waals surface area contributed by atoms with E-state index in [1.807, 2.05) is 0 Å². The molecule has 4 atom stereocenters. The molecule has 1 aromatic carbocycles. The molecule has 3 rings (SSSR count). The lowest BCUT2D eigenvalue weighted by atomic mass is 9.85. The van der Waals surface area contributed by atoms with Crippen molar-refractivity contribution in [3.8, 4) is 0 Å². The number of amides is 2. The Bertz CT molecular complexity index is 607. The molecule has 0 radical (unpaired) electrons. The Morgan fingerprint density at radius 3 is 2.78 bits per heavy atom. The van der Waals surface area contributed by atoms with Crippen molar-refractivity contribution >= 4 is 11.8 Å². The molecule has 0 saturated heterocycles. The number of rotatable bonds is 5. The topological polar surface area (TPSA) is 78.4 Å². The summed E-state index contributed by atoms with van der Waals surface area (Å²) >= 11 is 0. The average molecular weight is 320 g/mol. The van der Waals surface area contributed by atoms with Crippen molar-refractivity contribution in [2.45, 2.75) is 25.3 Å². The van der Waals surface area contributed by atoms with E-state index < -0.39 is 11.7 Å². The maximum Gasteiger partial charge on any atom is 0.251 e.